The molecule has 0 aromatic heterocycles. The maximum Gasteiger partial charge on any atom is 0.224 e. The Balaban J connectivity index is 1.22. The molecule has 1 N–H and O–H groups in total. The number of likely N-dealkylation sites (tertiary alicyclic amines) is 2. The molecule has 2 saturated heterocycles. The van der Waals surface area contributed by atoms with Gasteiger partial charge in [-0.3, -0.25) is 14.6 Å². The van der Waals surface area contributed by atoms with E-state index < -0.39 is 0 Å². The second kappa shape index (κ2) is 10.1. The quantitative estimate of drug-likeness (QED) is 0.716. The summed E-state index contributed by atoms with van der Waals surface area (Å²) >= 11 is 0. The van der Waals surface area contributed by atoms with Gasteiger partial charge in [0.2, 0.25) is 5.91 Å². The van der Waals surface area contributed by atoms with E-state index in [1.807, 2.05) is 6.92 Å². The summed E-state index contributed by atoms with van der Waals surface area (Å²) in [6.07, 6.45) is 7.08. The molecule has 160 valence electrons. The summed E-state index contributed by atoms with van der Waals surface area (Å²) in [4.78, 5) is 17.9. The minimum absolute atomic E-state index is 0.146. The Hall–Kier alpha value is -1.43. The number of ether oxygens (including phenoxy) is 1. The Bertz CT molecular complexity index is 647. The minimum Gasteiger partial charge on any atom is -0.380 e. The predicted molar refractivity (Wildman–Crippen MR) is 116 cm³/mol. The molecule has 0 unspecified atom stereocenters. The molecule has 1 aliphatic carbocycles. The molecule has 0 spiro atoms. The van der Waals surface area contributed by atoms with Crippen LogP contribution in [0, 0.1) is 5.92 Å². The van der Waals surface area contributed by atoms with Gasteiger partial charge < -0.3 is 10.1 Å². The number of hydrogen-bond acceptors (Lipinski definition) is 4. The summed E-state index contributed by atoms with van der Waals surface area (Å²) in [6.45, 7) is 8.42. The summed E-state index contributed by atoms with van der Waals surface area (Å²) in [6, 6.07) is 10.3. The molecule has 1 atom stereocenters. The van der Waals surface area contributed by atoms with E-state index in [1.54, 1.807) is 11.1 Å². The van der Waals surface area contributed by atoms with Crippen LogP contribution in [0.1, 0.15) is 43.7 Å². The number of hydrogen-bond donors (Lipinski definition) is 1. The summed E-state index contributed by atoms with van der Waals surface area (Å²) in [5.74, 6) is 0.364. The van der Waals surface area contributed by atoms with Gasteiger partial charge in [0.1, 0.15) is 0 Å². The number of nitrogens with one attached hydrogen (secondary N) is 1. The summed E-state index contributed by atoms with van der Waals surface area (Å²) in [5.41, 5.74) is 3.10. The first kappa shape index (κ1) is 20.8. The van der Waals surface area contributed by atoms with E-state index >= 15 is 0 Å². The third-order valence-electron chi connectivity index (χ3n) is 7.13. The highest BCUT2D eigenvalue weighted by Crippen LogP contribution is 2.29. The van der Waals surface area contributed by atoms with E-state index in [0.717, 1.165) is 25.9 Å². The second-order valence-corrected chi connectivity index (χ2v) is 8.92. The fourth-order valence-corrected chi connectivity index (χ4v) is 5.50. The molecule has 4 rings (SSSR count). The number of carbonyl (C=O) groups is 1. The molecule has 2 aliphatic heterocycles. The third kappa shape index (κ3) is 5.19. The summed E-state index contributed by atoms with van der Waals surface area (Å²) < 4.78 is 5.33. The van der Waals surface area contributed by atoms with Gasteiger partial charge in [-0.05, 0) is 76.2 Å². The van der Waals surface area contributed by atoms with Crippen molar-refractivity contribution in [3.8, 4) is 0 Å². The smallest absolute Gasteiger partial charge is 0.224 e. The van der Waals surface area contributed by atoms with E-state index in [2.05, 4.69) is 39.4 Å². The van der Waals surface area contributed by atoms with Gasteiger partial charge in [0.25, 0.3) is 0 Å². The maximum absolute atomic E-state index is 12.5. The molecule has 1 aromatic rings. The average molecular weight is 400 g/mol. The number of piperidine rings is 2. The summed E-state index contributed by atoms with van der Waals surface area (Å²) in [7, 11) is 0. The fourth-order valence-electron chi connectivity index (χ4n) is 5.50. The monoisotopic (exact) mass is 399 g/mol. The van der Waals surface area contributed by atoms with Gasteiger partial charge in [0, 0.05) is 31.8 Å². The van der Waals surface area contributed by atoms with Crippen molar-refractivity contribution in [2.24, 2.45) is 5.92 Å². The molecule has 0 saturated carbocycles. The maximum atomic E-state index is 12.5. The third-order valence-corrected chi connectivity index (χ3v) is 7.13. The molecule has 2 heterocycles. The van der Waals surface area contributed by atoms with Crippen LogP contribution in [0.15, 0.2) is 24.3 Å². The zero-order chi connectivity index (χ0) is 20.1. The van der Waals surface area contributed by atoms with Crippen LogP contribution >= 0.6 is 0 Å². The van der Waals surface area contributed by atoms with Crippen molar-refractivity contribution in [3.05, 3.63) is 35.4 Å². The Morgan fingerprint density at radius 1 is 1.03 bits per heavy atom. The lowest BCUT2D eigenvalue weighted by Crippen LogP contribution is -2.52. The van der Waals surface area contributed by atoms with Crippen LogP contribution in [0.3, 0.4) is 0 Å². The molecule has 1 aromatic carbocycles. The lowest BCUT2D eigenvalue weighted by molar-refractivity contribution is -0.127. The van der Waals surface area contributed by atoms with E-state index in [4.69, 9.17) is 4.74 Å². The lowest BCUT2D eigenvalue weighted by atomic mass is 9.92. The van der Waals surface area contributed by atoms with E-state index in [1.165, 1.54) is 38.8 Å². The van der Waals surface area contributed by atoms with Gasteiger partial charge >= 0.3 is 0 Å². The van der Waals surface area contributed by atoms with Gasteiger partial charge in [-0.25, -0.2) is 0 Å². The van der Waals surface area contributed by atoms with Crippen molar-refractivity contribution >= 4 is 5.91 Å². The molecule has 2 fully saturated rings. The zero-order valence-corrected chi connectivity index (χ0v) is 17.9. The molecule has 5 nitrogen and oxygen atoms in total. The van der Waals surface area contributed by atoms with Gasteiger partial charge in [0.15, 0.2) is 0 Å². The van der Waals surface area contributed by atoms with Crippen molar-refractivity contribution < 1.29 is 9.53 Å². The van der Waals surface area contributed by atoms with Crippen LogP contribution in [0.25, 0.3) is 0 Å². The largest absolute Gasteiger partial charge is 0.380 e. The van der Waals surface area contributed by atoms with Crippen molar-refractivity contribution in [1.82, 2.24) is 15.1 Å². The standard InChI is InChI=1S/C24H37N3O2/c1-2-29-15-11-25-24(28)21-8-5-12-27(18-21)22-9-13-26(14-10-22)23-16-19-6-3-4-7-20(19)17-23/h3-4,6-7,21-23H,2,5,8-18H2,1H3,(H,25,28)/t21-/m0/s1. The van der Waals surface area contributed by atoms with Gasteiger partial charge in [-0.2, -0.15) is 0 Å². The van der Waals surface area contributed by atoms with Gasteiger partial charge in [0.05, 0.1) is 12.5 Å². The molecular formula is C24H37N3O2. The first-order valence-electron chi connectivity index (χ1n) is 11.6. The second-order valence-electron chi connectivity index (χ2n) is 8.92. The number of amides is 1. The minimum atomic E-state index is 0.146. The Morgan fingerprint density at radius 3 is 2.45 bits per heavy atom. The number of nitrogens with zero attached hydrogens (tertiary/aromatic N) is 2. The fraction of sp³-hybridized carbons (Fsp3) is 0.708. The highest BCUT2D eigenvalue weighted by molar-refractivity contribution is 5.78. The van der Waals surface area contributed by atoms with E-state index in [0.29, 0.717) is 31.8 Å². The molecular weight excluding hydrogens is 362 g/mol. The molecule has 5 heteroatoms. The number of benzene rings is 1. The first-order chi connectivity index (χ1) is 14.2. The van der Waals surface area contributed by atoms with Crippen molar-refractivity contribution in [3.63, 3.8) is 0 Å². The van der Waals surface area contributed by atoms with Crippen LogP contribution in [-0.2, 0) is 22.4 Å². The highest BCUT2D eigenvalue weighted by atomic mass is 16.5. The molecule has 1 amide bonds. The number of fused-ring (bicyclic) bond motifs is 1. The average Bonchev–Trinajstić information content (AvgIpc) is 3.21. The van der Waals surface area contributed by atoms with E-state index in [9.17, 15) is 4.79 Å². The van der Waals surface area contributed by atoms with Crippen molar-refractivity contribution in [2.45, 2.75) is 57.5 Å². The van der Waals surface area contributed by atoms with Gasteiger partial charge in [-0.1, -0.05) is 24.3 Å². The Kier molecular flexibility index (Phi) is 7.22. The van der Waals surface area contributed by atoms with Crippen LogP contribution in [0.2, 0.25) is 0 Å². The topological polar surface area (TPSA) is 44.8 Å². The van der Waals surface area contributed by atoms with Crippen LogP contribution in [-0.4, -0.2) is 73.7 Å². The number of rotatable bonds is 7. The number of carbonyl (C=O) groups excluding carboxylic acids is 1. The SMILES string of the molecule is CCOCCNC(=O)[C@H]1CCCN(C2CCN(C3Cc4ccccc4C3)CC2)C1. The van der Waals surface area contributed by atoms with Crippen LogP contribution in [0.4, 0.5) is 0 Å². The first-order valence-corrected chi connectivity index (χ1v) is 11.6. The highest BCUT2D eigenvalue weighted by Gasteiger charge is 2.34. The van der Waals surface area contributed by atoms with Gasteiger partial charge in [-0.15, -0.1) is 0 Å². The zero-order valence-electron chi connectivity index (χ0n) is 17.9. The normalized spacial score (nSPS) is 24.5. The summed E-state index contributed by atoms with van der Waals surface area (Å²) in [5, 5.41) is 3.06. The van der Waals surface area contributed by atoms with E-state index in [-0.39, 0.29) is 11.8 Å². The van der Waals surface area contributed by atoms with Crippen molar-refractivity contribution in [2.75, 3.05) is 45.9 Å². The Morgan fingerprint density at radius 2 is 1.76 bits per heavy atom. The Labute approximate surface area is 175 Å². The molecule has 3 aliphatic rings. The lowest BCUT2D eigenvalue weighted by Gasteiger charge is -2.43. The van der Waals surface area contributed by atoms with Crippen molar-refractivity contribution in [1.29, 1.82) is 0 Å². The van der Waals surface area contributed by atoms with Crippen LogP contribution in [0.5, 0.6) is 0 Å². The molecule has 0 bridgehead atoms. The molecule has 0 radical (unpaired) electrons. The predicted octanol–water partition coefficient (Wildman–Crippen LogP) is 2.48. The molecule has 29 heavy (non-hydrogen) atoms. The van der Waals surface area contributed by atoms with Crippen LogP contribution < -0.4 is 5.32 Å².